The Morgan fingerprint density at radius 2 is 2.20 bits per heavy atom. The number of amides is 1. The van der Waals surface area contributed by atoms with E-state index in [0.717, 1.165) is 24.8 Å². The lowest BCUT2D eigenvalue weighted by molar-refractivity contribution is -0.121. The van der Waals surface area contributed by atoms with Gasteiger partial charge in [0.05, 0.1) is 0 Å². The molecular weight excluding hydrogens is 186 g/mol. The van der Waals surface area contributed by atoms with Gasteiger partial charge in [0.2, 0.25) is 5.91 Å². The van der Waals surface area contributed by atoms with Crippen molar-refractivity contribution in [3.05, 3.63) is 0 Å². The topological polar surface area (TPSA) is 29.1 Å². The van der Waals surface area contributed by atoms with E-state index in [1.165, 1.54) is 32.1 Å². The van der Waals surface area contributed by atoms with Crippen LogP contribution in [0, 0.1) is 11.8 Å². The van der Waals surface area contributed by atoms with Crippen LogP contribution in [-0.2, 0) is 4.79 Å². The van der Waals surface area contributed by atoms with Gasteiger partial charge in [-0.05, 0) is 31.1 Å². The fourth-order valence-electron chi connectivity index (χ4n) is 2.55. The summed E-state index contributed by atoms with van der Waals surface area (Å²) in [6.45, 7) is 5.28. The predicted octanol–water partition coefficient (Wildman–Crippen LogP) is 3.12. The molecule has 0 aromatic heterocycles. The van der Waals surface area contributed by atoms with Gasteiger partial charge in [-0.25, -0.2) is 0 Å². The van der Waals surface area contributed by atoms with Crippen LogP contribution in [0.25, 0.3) is 0 Å². The number of hydrogen-bond acceptors (Lipinski definition) is 1. The molecule has 0 saturated heterocycles. The summed E-state index contributed by atoms with van der Waals surface area (Å²) in [6, 6.07) is 0. The van der Waals surface area contributed by atoms with Crippen LogP contribution < -0.4 is 5.32 Å². The summed E-state index contributed by atoms with van der Waals surface area (Å²) in [5, 5.41) is 3.01. The van der Waals surface area contributed by atoms with E-state index >= 15 is 0 Å². The Morgan fingerprint density at radius 3 is 2.87 bits per heavy atom. The zero-order valence-corrected chi connectivity index (χ0v) is 10.2. The van der Waals surface area contributed by atoms with Gasteiger partial charge in [0, 0.05) is 13.0 Å². The van der Waals surface area contributed by atoms with Crippen LogP contribution in [0.15, 0.2) is 0 Å². The van der Waals surface area contributed by atoms with E-state index in [4.69, 9.17) is 0 Å². The normalized spacial score (nSPS) is 26.3. The first-order valence-electron chi connectivity index (χ1n) is 6.49. The predicted molar refractivity (Wildman–Crippen MR) is 63.7 cm³/mol. The molecular formula is C13H25NO. The van der Waals surface area contributed by atoms with Gasteiger partial charge in [-0.3, -0.25) is 4.79 Å². The number of hydrogen-bond donors (Lipinski definition) is 1. The van der Waals surface area contributed by atoms with Gasteiger partial charge in [-0.1, -0.05) is 33.1 Å². The van der Waals surface area contributed by atoms with Crippen LogP contribution in [0.2, 0.25) is 0 Å². The highest BCUT2D eigenvalue weighted by molar-refractivity contribution is 5.75. The van der Waals surface area contributed by atoms with Crippen molar-refractivity contribution in [3.63, 3.8) is 0 Å². The quantitative estimate of drug-likeness (QED) is 0.743. The van der Waals surface area contributed by atoms with Crippen molar-refractivity contribution >= 4 is 5.91 Å². The fraction of sp³-hybridized carbons (Fsp3) is 0.923. The molecule has 88 valence electrons. The van der Waals surface area contributed by atoms with E-state index in [1.54, 1.807) is 0 Å². The third-order valence-electron chi connectivity index (χ3n) is 3.40. The van der Waals surface area contributed by atoms with Crippen molar-refractivity contribution in [1.82, 2.24) is 5.32 Å². The second kappa shape index (κ2) is 6.86. The second-order valence-corrected chi connectivity index (χ2v) is 5.03. The van der Waals surface area contributed by atoms with Crippen molar-refractivity contribution in [3.8, 4) is 0 Å². The molecule has 0 spiro atoms. The SMILES string of the molecule is CCCC(=O)NCCC1CCCC(C)C1. The first-order chi connectivity index (χ1) is 7.22. The lowest BCUT2D eigenvalue weighted by Crippen LogP contribution is -2.26. The highest BCUT2D eigenvalue weighted by Gasteiger charge is 2.18. The minimum absolute atomic E-state index is 0.223. The Morgan fingerprint density at radius 1 is 1.40 bits per heavy atom. The molecule has 1 saturated carbocycles. The summed E-state index contributed by atoms with van der Waals surface area (Å²) in [4.78, 5) is 11.2. The number of carbonyl (C=O) groups is 1. The van der Waals surface area contributed by atoms with Gasteiger partial charge in [0.1, 0.15) is 0 Å². The maximum atomic E-state index is 11.2. The van der Waals surface area contributed by atoms with Crippen molar-refractivity contribution in [2.24, 2.45) is 11.8 Å². The van der Waals surface area contributed by atoms with Gasteiger partial charge in [-0.2, -0.15) is 0 Å². The molecule has 2 nitrogen and oxygen atoms in total. The monoisotopic (exact) mass is 211 g/mol. The highest BCUT2D eigenvalue weighted by Crippen LogP contribution is 2.30. The fourth-order valence-corrected chi connectivity index (χ4v) is 2.55. The molecule has 1 aliphatic rings. The lowest BCUT2D eigenvalue weighted by Gasteiger charge is -2.26. The molecule has 0 aliphatic heterocycles. The molecule has 0 bridgehead atoms. The third-order valence-corrected chi connectivity index (χ3v) is 3.40. The Hall–Kier alpha value is -0.530. The molecule has 1 N–H and O–H groups in total. The van der Waals surface area contributed by atoms with Crippen LogP contribution in [0.3, 0.4) is 0 Å². The molecule has 1 aliphatic carbocycles. The summed E-state index contributed by atoms with van der Waals surface area (Å²) in [5.41, 5.74) is 0. The summed E-state index contributed by atoms with van der Waals surface area (Å²) >= 11 is 0. The van der Waals surface area contributed by atoms with Crippen molar-refractivity contribution in [1.29, 1.82) is 0 Å². The number of rotatable bonds is 5. The first-order valence-corrected chi connectivity index (χ1v) is 6.49. The minimum atomic E-state index is 0.223. The molecule has 0 aromatic rings. The van der Waals surface area contributed by atoms with Gasteiger partial charge < -0.3 is 5.32 Å². The van der Waals surface area contributed by atoms with E-state index in [1.807, 2.05) is 6.92 Å². The first kappa shape index (κ1) is 12.5. The summed E-state index contributed by atoms with van der Waals surface area (Å²) in [6.07, 6.45) is 8.33. The smallest absolute Gasteiger partial charge is 0.219 e. The van der Waals surface area contributed by atoms with Gasteiger partial charge >= 0.3 is 0 Å². The van der Waals surface area contributed by atoms with Gasteiger partial charge in [0.15, 0.2) is 0 Å². The van der Waals surface area contributed by atoms with Crippen LogP contribution in [0.5, 0.6) is 0 Å². The Balaban J connectivity index is 2.06. The summed E-state index contributed by atoms with van der Waals surface area (Å²) < 4.78 is 0. The standard InChI is InChI=1S/C13H25NO/c1-3-5-13(15)14-9-8-12-7-4-6-11(2)10-12/h11-12H,3-10H2,1-2H3,(H,14,15). The zero-order valence-electron chi connectivity index (χ0n) is 10.2. The molecule has 0 aromatic carbocycles. The van der Waals surface area contributed by atoms with Gasteiger partial charge in [-0.15, -0.1) is 0 Å². The Labute approximate surface area is 93.8 Å². The average molecular weight is 211 g/mol. The summed E-state index contributed by atoms with van der Waals surface area (Å²) in [7, 11) is 0. The van der Waals surface area contributed by atoms with Gasteiger partial charge in [0.25, 0.3) is 0 Å². The van der Waals surface area contributed by atoms with Crippen molar-refractivity contribution in [2.45, 2.75) is 58.8 Å². The Kier molecular flexibility index (Phi) is 5.74. The second-order valence-electron chi connectivity index (χ2n) is 5.03. The lowest BCUT2D eigenvalue weighted by atomic mass is 9.81. The van der Waals surface area contributed by atoms with E-state index in [2.05, 4.69) is 12.2 Å². The minimum Gasteiger partial charge on any atom is -0.356 e. The molecule has 15 heavy (non-hydrogen) atoms. The number of carbonyl (C=O) groups excluding carboxylic acids is 1. The van der Waals surface area contributed by atoms with E-state index in [9.17, 15) is 4.79 Å². The molecule has 2 unspecified atom stereocenters. The maximum absolute atomic E-state index is 11.2. The zero-order chi connectivity index (χ0) is 11.1. The molecule has 0 heterocycles. The van der Waals surface area contributed by atoms with Crippen LogP contribution >= 0.6 is 0 Å². The molecule has 1 amide bonds. The van der Waals surface area contributed by atoms with E-state index in [-0.39, 0.29) is 5.91 Å². The average Bonchev–Trinajstić information content (AvgIpc) is 2.18. The van der Waals surface area contributed by atoms with Crippen LogP contribution in [0.1, 0.15) is 58.8 Å². The molecule has 2 heteroatoms. The molecule has 1 rings (SSSR count). The molecule has 2 atom stereocenters. The third kappa shape index (κ3) is 5.19. The van der Waals surface area contributed by atoms with Crippen molar-refractivity contribution < 1.29 is 4.79 Å². The number of nitrogens with one attached hydrogen (secondary N) is 1. The van der Waals surface area contributed by atoms with Crippen LogP contribution in [0.4, 0.5) is 0 Å². The van der Waals surface area contributed by atoms with Crippen LogP contribution in [-0.4, -0.2) is 12.5 Å². The maximum Gasteiger partial charge on any atom is 0.219 e. The highest BCUT2D eigenvalue weighted by atomic mass is 16.1. The summed E-state index contributed by atoms with van der Waals surface area (Å²) in [5.74, 6) is 1.98. The Bertz CT molecular complexity index is 191. The molecule has 1 fully saturated rings. The van der Waals surface area contributed by atoms with Crippen molar-refractivity contribution in [2.75, 3.05) is 6.54 Å². The largest absolute Gasteiger partial charge is 0.356 e. The van der Waals surface area contributed by atoms with E-state index in [0.29, 0.717) is 6.42 Å². The molecule has 0 radical (unpaired) electrons. The van der Waals surface area contributed by atoms with E-state index < -0.39 is 0 Å².